The number of hydrogen-bond acceptors (Lipinski definition) is 4. The van der Waals surface area contributed by atoms with E-state index in [9.17, 15) is 0 Å². The highest BCUT2D eigenvalue weighted by Crippen LogP contribution is 2.17. The highest BCUT2D eigenvalue weighted by Gasteiger charge is 2.21. The van der Waals surface area contributed by atoms with Crippen molar-refractivity contribution in [3.05, 3.63) is 0 Å². The molecule has 2 aliphatic heterocycles. The van der Waals surface area contributed by atoms with Crippen molar-refractivity contribution in [2.24, 2.45) is 11.7 Å². The van der Waals surface area contributed by atoms with E-state index in [1.807, 2.05) is 0 Å². The first-order valence-electron chi connectivity index (χ1n) is 7.61. The van der Waals surface area contributed by atoms with Gasteiger partial charge in [-0.05, 0) is 44.7 Å². The van der Waals surface area contributed by atoms with Crippen molar-refractivity contribution < 1.29 is 4.74 Å². The molecular formula is C14H29N3O. The van der Waals surface area contributed by atoms with Crippen molar-refractivity contribution in [3.63, 3.8) is 0 Å². The topological polar surface area (TPSA) is 41.7 Å². The van der Waals surface area contributed by atoms with Crippen LogP contribution in [0.3, 0.4) is 0 Å². The molecule has 0 amide bonds. The van der Waals surface area contributed by atoms with Gasteiger partial charge in [0.2, 0.25) is 0 Å². The van der Waals surface area contributed by atoms with Crippen LogP contribution in [-0.2, 0) is 4.74 Å². The van der Waals surface area contributed by atoms with Gasteiger partial charge < -0.3 is 20.3 Å². The molecule has 4 nitrogen and oxygen atoms in total. The van der Waals surface area contributed by atoms with Crippen molar-refractivity contribution in [2.45, 2.75) is 25.7 Å². The molecule has 0 aromatic heterocycles. The minimum Gasteiger partial charge on any atom is -0.381 e. The van der Waals surface area contributed by atoms with Gasteiger partial charge in [-0.15, -0.1) is 0 Å². The summed E-state index contributed by atoms with van der Waals surface area (Å²) in [6.07, 6.45) is 4.95. The molecular weight excluding hydrogens is 226 g/mol. The Morgan fingerprint density at radius 3 is 2.28 bits per heavy atom. The molecule has 2 N–H and O–H groups in total. The number of rotatable bonds is 6. The highest BCUT2D eigenvalue weighted by molar-refractivity contribution is 4.75. The normalized spacial score (nSPS) is 24.5. The largest absolute Gasteiger partial charge is 0.381 e. The average Bonchev–Trinajstić information content (AvgIpc) is 2.42. The van der Waals surface area contributed by atoms with Gasteiger partial charge in [0.15, 0.2) is 0 Å². The molecule has 0 saturated carbocycles. The van der Waals surface area contributed by atoms with Gasteiger partial charge in [0.05, 0.1) is 0 Å². The smallest absolute Gasteiger partial charge is 0.0469 e. The molecule has 4 heteroatoms. The van der Waals surface area contributed by atoms with Crippen LogP contribution in [-0.4, -0.2) is 68.8 Å². The zero-order valence-corrected chi connectivity index (χ0v) is 11.6. The van der Waals surface area contributed by atoms with Gasteiger partial charge in [0.1, 0.15) is 0 Å². The van der Waals surface area contributed by atoms with Crippen molar-refractivity contribution in [1.82, 2.24) is 9.80 Å². The summed E-state index contributed by atoms with van der Waals surface area (Å²) in [6, 6.07) is 0. The SMILES string of the molecule is NCCCCN1CCN(CC2CCOCC2)CC1. The van der Waals surface area contributed by atoms with Gasteiger partial charge in [-0.25, -0.2) is 0 Å². The van der Waals surface area contributed by atoms with E-state index < -0.39 is 0 Å². The number of hydrogen-bond donors (Lipinski definition) is 1. The Morgan fingerprint density at radius 1 is 0.944 bits per heavy atom. The first kappa shape index (κ1) is 14.3. The standard InChI is InChI=1S/C14H29N3O/c15-5-1-2-6-16-7-9-17(10-8-16)13-14-3-11-18-12-4-14/h14H,1-13,15H2. The van der Waals surface area contributed by atoms with Crippen molar-refractivity contribution in [3.8, 4) is 0 Å². The van der Waals surface area contributed by atoms with Crippen LogP contribution in [0.25, 0.3) is 0 Å². The molecule has 2 rings (SSSR count). The molecule has 0 aromatic rings. The molecule has 0 unspecified atom stereocenters. The summed E-state index contributed by atoms with van der Waals surface area (Å²) in [5.41, 5.74) is 5.53. The summed E-state index contributed by atoms with van der Waals surface area (Å²) in [5, 5.41) is 0. The van der Waals surface area contributed by atoms with E-state index in [-0.39, 0.29) is 0 Å². The quantitative estimate of drug-likeness (QED) is 0.712. The number of piperazine rings is 1. The van der Waals surface area contributed by atoms with Crippen LogP contribution >= 0.6 is 0 Å². The van der Waals surface area contributed by atoms with Gasteiger partial charge in [-0.1, -0.05) is 0 Å². The molecule has 0 bridgehead atoms. The van der Waals surface area contributed by atoms with Crippen molar-refractivity contribution in [2.75, 3.05) is 59.0 Å². The predicted octanol–water partition coefficient (Wildman–Crippen LogP) is 0.770. The number of unbranched alkanes of at least 4 members (excludes halogenated alkanes) is 1. The minimum absolute atomic E-state index is 0.837. The van der Waals surface area contributed by atoms with Crippen LogP contribution in [0.1, 0.15) is 25.7 Å². The van der Waals surface area contributed by atoms with Crippen LogP contribution < -0.4 is 5.73 Å². The van der Waals surface area contributed by atoms with Crippen LogP contribution in [0.5, 0.6) is 0 Å². The molecule has 0 spiro atoms. The second kappa shape index (κ2) is 8.10. The van der Waals surface area contributed by atoms with E-state index in [0.29, 0.717) is 0 Å². The summed E-state index contributed by atoms with van der Waals surface area (Å²) >= 11 is 0. The van der Waals surface area contributed by atoms with E-state index in [2.05, 4.69) is 9.80 Å². The molecule has 0 atom stereocenters. The van der Waals surface area contributed by atoms with Crippen molar-refractivity contribution in [1.29, 1.82) is 0 Å². The third kappa shape index (κ3) is 4.84. The van der Waals surface area contributed by atoms with Crippen LogP contribution in [0.15, 0.2) is 0 Å². The van der Waals surface area contributed by atoms with Gasteiger partial charge in [-0.2, -0.15) is 0 Å². The average molecular weight is 255 g/mol. The second-order valence-electron chi connectivity index (χ2n) is 5.69. The predicted molar refractivity (Wildman–Crippen MR) is 74.7 cm³/mol. The maximum absolute atomic E-state index is 5.53. The van der Waals surface area contributed by atoms with E-state index in [0.717, 1.165) is 25.7 Å². The zero-order chi connectivity index (χ0) is 12.6. The lowest BCUT2D eigenvalue weighted by molar-refractivity contribution is 0.0422. The first-order valence-corrected chi connectivity index (χ1v) is 7.61. The van der Waals surface area contributed by atoms with Crippen LogP contribution in [0.4, 0.5) is 0 Å². The van der Waals surface area contributed by atoms with Crippen LogP contribution in [0, 0.1) is 5.92 Å². The van der Waals surface area contributed by atoms with Crippen LogP contribution in [0.2, 0.25) is 0 Å². The third-order valence-electron chi connectivity index (χ3n) is 4.25. The fraction of sp³-hybridized carbons (Fsp3) is 1.00. The molecule has 0 aromatic carbocycles. The summed E-state index contributed by atoms with van der Waals surface area (Å²) < 4.78 is 5.42. The molecule has 0 aliphatic carbocycles. The third-order valence-corrected chi connectivity index (χ3v) is 4.25. The maximum atomic E-state index is 5.53. The summed E-state index contributed by atoms with van der Waals surface area (Å²) in [7, 11) is 0. The molecule has 2 saturated heterocycles. The van der Waals surface area contributed by atoms with Gasteiger partial charge in [0.25, 0.3) is 0 Å². The van der Waals surface area contributed by atoms with Gasteiger partial charge >= 0.3 is 0 Å². The Labute approximate surface area is 111 Å². The lowest BCUT2D eigenvalue weighted by Crippen LogP contribution is -2.48. The summed E-state index contributed by atoms with van der Waals surface area (Å²) in [6.45, 7) is 10.3. The van der Waals surface area contributed by atoms with E-state index >= 15 is 0 Å². The molecule has 0 radical (unpaired) electrons. The Balaban J connectivity index is 1.57. The monoisotopic (exact) mass is 255 g/mol. The van der Waals surface area contributed by atoms with Gasteiger partial charge in [0, 0.05) is 45.9 Å². The Kier molecular flexibility index (Phi) is 6.41. The molecule has 2 aliphatic rings. The summed E-state index contributed by atoms with van der Waals surface area (Å²) in [5.74, 6) is 0.877. The Bertz CT molecular complexity index is 211. The number of nitrogens with two attached hydrogens (primary N) is 1. The zero-order valence-electron chi connectivity index (χ0n) is 11.6. The lowest BCUT2D eigenvalue weighted by Gasteiger charge is -2.37. The lowest BCUT2D eigenvalue weighted by atomic mass is 9.99. The van der Waals surface area contributed by atoms with E-state index in [4.69, 9.17) is 10.5 Å². The number of ether oxygens (including phenoxy) is 1. The minimum atomic E-state index is 0.837. The molecule has 18 heavy (non-hydrogen) atoms. The second-order valence-corrected chi connectivity index (χ2v) is 5.69. The van der Waals surface area contributed by atoms with E-state index in [1.54, 1.807) is 0 Å². The fourth-order valence-electron chi connectivity index (χ4n) is 2.97. The molecule has 2 heterocycles. The van der Waals surface area contributed by atoms with Gasteiger partial charge in [-0.3, -0.25) is 0 Å². The molecule has 106 valence electrons. The van der Waals surface area contributed by atoms with E-state index in [1.165, 1.54) is 65.0 Å². The number of nitrogens with zero attached hydrogens (tertiary/aromatic N) is 2. The molecule has 2 fully saturated rings. The maximum Gasteiger partial charge on any atom is 0.0469 e. The summed E-state index contributed by atoms with van der Waals surface area (Å²) in [4.78, 5) is 5.24. The Morgan fingerprint density at radius 2 is 1.61 bits per heavy atom. The van der Waals surface area contributed by atoms with Crippen molar-refractivity contribution >= 4 is 0 Å². The highest BCUT2D eigenvalue weighted by atomic mass is 16.5. The fourth-order valence-corrected chi connectivity index (χ4v) is 2.97. The first-order chi connectivity index (χ1) is 8.88. The Hall–Kier alpha value is -0.160.